The van der Waals surface area contributed by atoms with Crippen LogP contribution in [0.3, 0.4) is 0 Å². The summed E-state index contributed by atoms with van der Waals surface area (Å²) in [5.74, 6) is -2.02. The molecule has 1 aliphatic rings. The highest BCUT2D eigenvalue weighted by Gasteiger charge is 2.26. The van der Waals surface area contributed by atoms with E-state index in [1.165, 1.54) is 0 Å². The van der Waals surface area contributed by atoms with E-state index in [0.29, 0.717) is 17.1 Å². The number of nitrogens with one attached hydrogen (secondary N) is 2. The number of anilines is 4. The number of rotatable bonds is 8. The van der Waals surface area contributed by atoms with Crippen LogP contribution < -0.4 is 15.5 Å². The van der Waals surface area contributed by atoms with Gasteiger partial charge in [-0.05, 0) is 73.7 Å². The summed E-state index contributed by atoms with van der Waals surface area (Å²) in [5, 5.41) is 25.4. The smallest absolute Gasteiger partial charge is 0.337 e. The van der Waals surface area contributed by atoms with Crippen LogP contribution in [-0.4, -0.2) is 48.0 Å². The van der Waals surface area contributed by atoms with Crippen molar-refractivity contribution < 1.29 is 19.8 Å². The lowest BCUT2D eigenvalue weighted by atomic mass is 9.97. The first-order chi connectivity index (χ1) is 17.7. The summed E-state index contributed by atoms with van der Waals surface area (Å²) in [4.78, 5) is 30.0. The Bertz CT molecular complexity index is 1410. The van der Waals surface area contributed by atoms with Crippen molar-refractivity contribution >= 4 is 46.1 Å². The largest absolute Gasteiger partial charge is 0.478 e. The van der Waals surface area contributed by atoms with Gasteiger partial charge in [0.05, 0.1) is 28.6 Å². The van der Waals surface area contributed by atoms with Gasteiger partial charge in [-0.1, -0.05) is 23.8 Å². The van der Waals surface area contributed by atoms with Crippen LogP contribution in [0.2, 0.25) is 0 Å². The van der Waals surface area contributed by atoms with Crippen LogP contribution in [0.4, 0.5) is 28.4 Å². The quantitative estimate of drug-likeness (QED) is 0.319. The summed E-state index contributed by atoms with van der Waals surface area (Å²) in [6.07, 6.45) is 5.27. The fraction of sp³-hybridized carbons (Fsp3) is 0.138. The van der Waals surface area contributed by atoms with E-state index in [-0.39, 0.29) is 11.1 Å². The molecule has 0 bridgehead atoms. The number of carbonyl (C=O) groups is 2. The van der Waals surface area contributed by atoms with Crippen molar-refractivity contribution in [1.82, 2.24) is 0 Å². The highest BCUT2D eigenvalue weighted by molar-refractivity contribution is 6.11. The van der Waals surface area contributed by atoms with E-state index in [1.807, 2.05) is 79.6 Å². The summed E-state index contributed by atoms with van der Waals surface area (Å²) in [5.41, 5.74) is 5.64. The highest BCUT2D eigenvalue weighted by atomic mass is 16.4. The molecular formula is C29H28N4O4. The zero-order chi connectivity index (χ0) is 26.5. The van der Waals surface area contributed by atoms with Gasteiger partial charge in [0.25, 0.3) is 0 Å². The van der Waals surface area contributed by atoms with Gasteiger partial charge >= 0.3 is 11.9 Å². The first-order valence-electron chi connectivity index (χ1n) is 11.7. The number of aromatic carboxylic acids is 1. The van der Waals surface area contributed by atoms with Gasteiger partial charge in [-0.2, -0.15) is 0 Å². The Hall–Kier alpha value is -4.85. The van der Waals surface area contributed by atoms with Crippen molar-refractivity contribution in [2.75, 3.05) is 29.6 Å². The van der Waals surface area contributed by atoms with E-state index in [1.54, 1.807) is 31.3 Å². The van der Waals surface area contributed by atoms with Crippen LogP contribution in [-0.2, 0) is 4.79 Å². The predicted molar refractivity (Wildman–Crippen MR) is 148 cm³/mol. The maximum absolute atomic E-state index is 12.1. The molecule has 188 valence electrons. The fourth-order valence-electron chi connectivity index (χ4n) is 4.07. The van der Waals surface area contributed by atoms with Crippen molar-refractivity contribution in [2.24, 2.45) is 4.99 Å². The van der Waals surface area contributed by atoms with Gasteiger partial charge in [-0.25, -0.2) is 14.6 Å². The molecule has 1 atom stereocenters. The molecule has 0 amide bonds. The molecule has 0 spiro atoms. The van der Waals surface area contributed by atoms with Gasteiger partial charge in [0.15, 0.2) is 0 Å². The number of carboxylic acids is 2. The molecule has 8 nitrogen and oxygen atoms in total. The Balaban J connectivity index is 1.51. The van der Waals surface area contributed by atoms with Crippen molar-refractivity contribution in [3.63, 3.8) is 0 Å². The Morgan fingerprint density at radius 2 is 1.59 bits per heavy atom. The molecule has 3 aromatic rings. The van der Waals surface area contributed by atoms with Crippen LogP contribution >= 0.6 is 0 Å². The molecule has 0 heterocycles. The third-order valence-electron chi connectivity index (χ3n) is 6.11. The second-order valence-corrected chi connectivity index (χ2v) is 8.68. The average Bonchev–Trinajstić information content (AvgIpc) is 2.90. The summed E-state index contributed by atoms with van der Waals surface area (Å²) in [6.45, 7) is 2.00. The third kappa shape index (κ3) is 5.87. The molecule has 37 heavy (non-hydrogen) atoms. The normalized spacial score (nSPS) is 15.7. The molecule has 1 unspecified atom stereocenters. The van der Waals surface area contributed by atoms with Crippen LogP contribution in [0, 0.1) is 6.92 Å². The molecule has 4 N–H and O–H groups in total. The zero-order valence-corrected chi connectivity index (χ0v) is 20.8. The molecule has 3 aromatic carbocycles. The van der Waals surface area contributed by atoms with E-state index >= 15 is 0 Å². The Labute approximate surface area is 215 Å². The second kappa shape index (κ2) is 10.8. The molecule has 1 aliphatic carbocycles. The number of benzene rings is 3. The first-order valence-corrected chi connectivity index (χ1v) is 11.7. The number of aryl methyl sites for hydroxylation is 1. The minimum atomic E-state index is -1.01. The average molecular weight is 497 g/mol. The lowest BCUT2D eigenvalue weighted by Crippen LogP contribution is -2.36. The molecular weight excluding hydrogens is 468 g/mol. The number of carboxylic acid groups (broad SMARTS) is 2. The number of aliphatic imine (C=N–C) groups is 1. The van der Waals surface area contributed by atoms with Crippen molar-refractivity contribution in [3.05, 3.63) is 102 Å². The lowest BCUT2D eigenvalue weighted by Gasteiger charge is -2.30. The summed E-state index contributed by atoms with van der Waals surface area (Å²) < 4.78 is 0. The zero-order valence-electron chi connectivity index (χ0n) is 20.8. The molecule has 0 fully saturated rings. The third-order valence-corrected chi connectivity index (χ3v) is 6.11. The number of allylic oxidation sites excluding steroid dienone is 2. The van der Waals surface area contributed by atoms with E-state index in [0.717, 1.165) is 22.6 Å². The Morgan fingerprint density at radius 1 is 0.919 bits per heavy atom. The molecule has 0 saturated heterocycles. The van der Waals surface area contributed by atoms with Gasteiger partial charge in [-0.15, -0.1) is 0 Å². The van der Waals surface area contributed by atoms with Crippen LogP contribution in [0.25, 0.3) is 0 Å². The summed E-state index contributed by atoms with van der Waals surface area (Å²) in [6, 6.07) is 19.8. The number of hydrogen-bond acceptors (Lipinski definition) is 6. The van der Waals surface area contributed by atoms with Gasteiger partial charge in [0.1, 0.15) is 0 Å². The maximum Gasteiger partial charge on any atom is 0.337 e. The summed E-state index contributed by atoms with van der Waals surface area (Å²) in [7, 11) is 3.51. The molecule has 8 heteroatoms. The highest BCUT2D eigenvalue weighted by Crippen LogP contribution is 2.28. The summed E-state index contributed by atoms with van der Waals surface area (Å²) >= 11 is 0. The lowest BCUT2D eigenvalue weighted by molar-refractivity contribution is -0.132. The van der Waals surface area contributed by atoms with Crippen molar-refractivity contribution in [2.45, 2.75) is 13.0 Å². The number of hydrogen-bond donors (Lipinski definition) is 4. The Morgan fingerprint density at radius 3 is 2.22 bits per heavy atom. The number of likely N-dealkylation sites (N-methyl/N-ethyl adjacent to an activating group) is 1. The molecule has 0 radical (unpaired) electrons. The van der Waals surface area contributed by atoms with Gasteiger partial charge < -0.3 is 25.7 Å². The monoisotopic (exact) mass is 496 g/mol. The van der Waals surface area contributed by atoms with Gasteiger partial charge in [0, 0.05) is 36.8 Å². The standard InChI is InChI=1S/C29H28N4O4/c1-18-4-6-19(7-5-18)31-22-11-15-27(25(17-22)29(36)37)33(3)23-12-8-20(9-13-23)32-21-10-14-26(30-2)24(16-21)28(34)35/h4-17,27,30,32H,1-3H3,(H,34,35)(H,36,37)/b31-22+. The van der Waals surface area contributed by atoms with E-state index in [9.17, 15) is 19.8 Å². The van der Waals surface area contributed by atoms with Gasteiger partial charge in [0.2, 0.25) is 0 Å². The van der Waals surface area contributed by atoms with Crippen LogP contribution in [0.5, 0.6) is 0 Å². The minimum absolute atomic E-state index is 0.172. The van der Waals surface area contributed by atoms with E-state index < -0.39 is 18.0 Å². The van der Waals surface area contributed by atoms with Crippen LogP contribution in [0.15, 0.2) is 95.5 Å². The molecule has 4 rings (SSSR count). The van der Waals surface area contributed by atoms with Gasteiger partial charge in [-0.3, -0.25) is 0 Å². The molecule has 0 saturated carbocycles. The van der Waals surface area contributed by atoms with E-state index in [4.69, 9.17) is 0 Å². The second-order valence-electron chi connectivity index (χ2n) is 8.68. The molecule has 0 aliphatic heterocycles. The predicted octanol–water partition coefficient (Wildman–Crippen LogP) is 5.64. The molecule has 0 aromatic heterocycles. The van der Waals surface area contributed by atoms with Crippen LogP contribution in [0.1, 0.15) is 15.9 Å². The van der Waals surface area contributed by atoms with E-state index in [2.05, 4.69) is 15.6 Å². The topological polar surface area (TPSA) is 114 Å². The van der Waals surface area contributed by atoms with Crippen molar-refractivity contribution in [3.8, 4) is 0 Å². The van der Waals surface area contributed by atoms with Crippen molar-refractivity contribution in [1.29, 1.82) is 0 Å². The SMILES string of the molecule is CNc1ccc(Nc2ccc(N(C)C3C=C/C(=N\c4ccc(C)cc4)C=C3C(=O)O)cc2)cc1C(=O)O. The number of nitrogens with zero attached hydrogens (tertiary/aromatic N) is 2. The Kier molecular flexibility index (Phi) is 7.39. The number of aliphatic carboxylic acids is 1. The minimum Gasteiger partial charge on any atom is -0.478 e. The maximum atomic E-state index is 12.1. The first kappa shape index (κ1) is 25.2. The fourth-order valence-corrected chi connectivity index (χ4v) is 4.07.